The highest BCUT2D eigenvalue weighted by Crippen LogP contribution is 2.27. The monoisotopic (exact) mass is 687 g/mol. The van der Waals surface area contributed by atoms with E-state index < -0.39 is 53.2 Å². The van der Waals surface area contributed by atoms with E-state index in [1.807, 2.05) is 56.3 Å². The van der Waals surface area contributed by atoms with E-state index in [4.69, 9.17) is 9.47 Å². The summed E-state index contributed by atoms with van der Waals surface area (Å²) < 4.78 is 11.3. The number of carbonyl (C=O) groups excluding carboxylic acids is 4. The predicted molar refractivity (Wildman–Crippen MR) is 193 cm³/mol. The Balaban J connectivity index is 2.11. The number of ether oxygens (including phenoxy) is 2. The van der Waals surface area contributed by atoms with E-state index in [-0.39, 0.29) is 25.1 Å². The number of amides is 3. The van der Waals surface area contributed by atoms with Gasteiger partial charge in [-0.2, -0.15) is 0 Å². The molecule has 10 nitrogen and oxygen atoms in total. The lowest BCUT2D eigenvalue weighted by atomic mass is 9.96. The van der Waals surface area contributed by atoms with E-state index in [1.165, 1.54) is 17.0 Å². The molecule has 0 aromatic heterocycles. The third-order valence-electron chi connectivity index (χ3n) is 7.73. The van der Waals surface area contributed by atoms with Crippen molar-refractivity contribution in [3.05, 3.63) is 101 Å². The number of rotatable bonds is 14. The first-order chi connectivity index (χ1) is 23.5. The van der Waals surface area contributed by atoms with Crippen molar-refractivity contribution in [2.24, 2.45) is 0 Å². The molecule has 0 aliphatic heterocycles. The van der Waals surface area contributed by atoms with Gasteiger partial charge in [-0.05, 0) is 89.3 Å². The van der Waals surface area contributed by atoms with Crippen molar-refractivity contribution in [3.8, 4) is 5.75 Å². The van der Waals surface area contributed by atoms with Crippen LogP contribution in [0.1, 0.15) is 89.6 Å². The molecule has 50 heavy (non-hydrogen) atoms. The maximum absolute atomic E-state index is 14.8. The molecule has 3 rings (SSSR count). The molecular weight excluding hydrogens is 634 g/mol. The molecule has 0 radical (unpaired) electrons. The van der Waals surface area contributed by atoms with Gasteiger partial charge < -0.3 is 30.1 Å². The van der Waals surface area contributed by atoms with Gasteiger partial charge in [-0.1, -0.05) is 80.1 Å². The van der Waals surface area contributed by atoms with Crippen molar-refractivity contribution in [1.82, 2.24) is 15.5 Å². The fraction of sp³-hybridized carbons (Fsp3) is 0.450. The number of carbonyl (C=O) groups is 4. The van der Waals surface area contributed by atoms with Crippen LogP contribution in [0.5, 0.6) is 5.75 Å². The summed E-state index contributed by atoms with van der Waals surface area (Å²) in [7, 11) is 0. The maximum Gasteiger partial charge on any atom is 0.408 e. The van der Waals surface area contributed by atoms with E-state index in [1.54, 1.807) is 65.8 Å². The Hall–Kier alpha value is -4.86. The Kier molecular flexibility index (Phi) is 14.0. The summed E-state index contributed by atoms with van der Waals surface area (Å²) in [6.45, 7) is 14.5. The van der Waals surface area contributed by atoms with Gasteiger partial charge in [0.05, 0.1) is 0 Å². The molecule has 0 heterocycles. The number of nitrogens with zero attached hydrogens (tertiary/aromatic N) is 1. The number of phenolic OH excluding ortho intramolecular Hbond substituents is 1. The number of aryl methyl sites for hydroxylation is 1. The lowest BCUT2D eigenvalue weighted by molar-refractivity contribution is -0.159. The second kappa shape index (κ2) is 17.7. The normalized spacial score (nSPS) is 13.4. The zero-order valence-corrected chi connectivity index (χ0v) is 30.6. The van der Waals surface area contributed by atoms with Gasteiger partial charge in [-0.25, -0.2) is 9.59 Å². The van der Waals surface area contributed by atoms with E-state index in [0.29, 0.717) is 17.5 Å². The van der Waals surface area contributed by atoms with Crippen LogP contribution in [0.25, 0.3) is 0 Å². The van der Waals surface area contributed by atoms with Gasteiger partial charge in [0, 0.05) is 19.4 Å². The molecule has 0 saturated heterocycles. The zero-order chi connectivity index (χ0) is 37.1. The number of benzene rings is 3. The van der Waals surface area contributed by atoms with Crippen LogP contribution in [0.4, 0.5) is 4.79 Å². The smallest absolute Gasteiger partial charge is 0.408 e. The van der Waals surface area contributed by atoms with Crippen LogP contribution in [0.2, 0.25) is 0 Å². The number of hydrogen-bond donors (Lipinski definition) is 3. The molecule has 270 valence electrons. The fourth-order valence-electron chi connectivity index (χ4n) is 5.42. The van der Waals surface area contributed by atoms with E-state index >= 15 is 0 Å². The number of phenols is 1. The van der Waals surface area contributed by atoms with Crippen LogP contribution in [0.3, 0.4) is 0 Å². The molecule has 0 aliphatic carbocycles. The van der Waals surface area contributed by atoms with Crippen LogP contribution in [-0.2, 0) is 36.7 Å². The molecule has 0 saturated carbocycles. The predicted octanol–water partition coefficient (Wildman–Crippen LogP) is 6.58. The van der Waals surface area contributed by atoms with Gasteiger partial charge in [0.1, 0.15) is 35.1 Å². The Labute approximate surface area is 296 Å². The molecule has 0 aliphatic rings. The van der Waals surface area contributed by atoms with Crippen molar-refractivity contribution in [2.45, 2.75) is 110 Å². The molecule has 3 unspecified atom stereocenters. The van der Waals surface area contributed by atoms with Crippen LogP contribution >= 0.6 is 0 Å². The van der Waals surface area contributed by atoms with Crippen LogP contribution in [0, 0.1) is 6.92 Å². The Bertz CT molecular complexity index is 1580. The number of aromatic hydroxyl groups is 1. The van der Waals surface area contributed by atoms with Gasteiger partial charge in [0.25, 0.3) is 0 Å². The summed E-state index contributed by atoms with van der Waals surface area (Å²) in [6, 6.07) is 19.7. The van der Waals surface area contributed by atoms with Crippen LogP contribution in [0.15, 0.2) is 78.9 Å². The first kappa shape index (κ1) is 39.6. The number of esters is 1. The van der Waals surface area contributed by atoms with E-state index in [9.17, 15) is 24.3 Å². The van der Waals surface area contributed by atoms with E-state index in [2.05, 4.69) is 10.6 Å². The standard InChI is InChI=1S/C40H53N3O7/c1-9-10-24-43(36(46)32(42-38(48)50-40(6,7)8)25-29-20-22-30(44)23-21-29)34(31-19-15-14-16-27(31)2)35(45)41-33(37(47)49-39(3,4)5)26-28-17-12-11-13-18-28/h11-23,32-34,44H,9-10,24-26H2,1-8H3,(H,41,45)(H,42,48). The second-order valence-electron chi connectivity index (χ2n) is 14.5. The fourth-order valence-corrected chi connectivity index (χ4v) is 5.42. The summed E-state index contributed by atoms with van der Waals surface area (Å²) in [5.41, 5.74) is 1.23. The first-order valence-corrected chi connectivity index (χ1v) is 17.2. The van der Waals surface area contributed by atoms with Gasteiger partial charge >= 0.3 is 12.1 Å². The molecule has 0 spiro atoms. The molecule has 10 heteroatoms. The van der Waals surface area contributed by atoms with Crippen molar-refractivity contribution in [1.29, 1.82) is 0 Å². The average Bonchev–Trinajstić information content (AvgIpc) is 3.02. The summed E-state index contributed by atoms with van der Waals surface area (Å²) >= 11 is 0. The van der Waals surface area contributed by atoms with Gasteiger partial charge in [-0.15, -0.1) is 0 Å². The minimum Gasteiger partial charge on any atom is -0.508 e. The molecule has 3 amide bonds. The third-order valence-corrected chi connectivity index (χ3v) is 7.73. The average molecular weight is 688 g/mol. The number of hydrogen-bond acceptors (Lipinski definition) is 7. The third kappa shape index (κ3) is 12.5. The first-order valence-electron chi connectivity index (χ1n) is 17.2. The molecule has 3 atom stereocenters. The van der Waals surface area contributed by atoms with Crippen molar-refractivity contribution in [3.63, 3.8) is 0 Å². The van der Waals surface area contributed by atoms with Crippen LogP contribution < -0.4 is 10.6 Å². The van der Waals surface area contributed by atoms with Crippen molar-refractivity contribution in [2.75, 3.05) is 6.54 Å². The Morgan fingerprint density at radius 1 is 0.740 bits per heavy atom. The largest absolute Gasteiger partial charge is 0.508 e. The number of unbranched alkanes of at least 4 members (excludes halogenated alkanes) is 1. The summed E-state index contributed by atoms with van der Waals surface area (Å²) in [5.74, 6) is -1.59. The SMILES string of the molecule is CCCCN(C(=O)C(Cc1ccc(O)cc1)NC(=O)OC(C)(C)C)C(C(=O)NC(Cc1ccccc1)C(=O)OC(C)(C)C)c1ccccc1C. The van der Waals surface area contributed by atoms with Crippen LogP contribution in [-0.4, -0.2) is 63.7 Å². The summed E-state index contributed by atoms with van der Waals surface area (Å²) in [6.07, 6.45) is 0.753. The summed E-state index contributed by atoms with van der Waals surface area (Å²) in [5, 5.41) is 15.6. The van der Waals surface area contributed by atoms with E-state index in [0.717, 1.165) is 17.5 Å². The molecule has 3 aromatic rings. The maximum atomic E-state index is 14.8. The van der Waals surface area contributed by atoms with Gasteiger partial charge in [0.2, 0.25) is 11.8 Å². The summed E-state index contributed by atoms with van der Waals surface area (Å²) in [4.78, 5) is 57.6. The Morgan fingerprint density at radius 2 is 1.30 bits per heavy atom. The Morgan fingerprint density at radius 3 is 1.88 bits per heavy atom. The lowest BCUT2D eigenvalue weighted by Crippen LogP contribution is -2.55. The minimum absolute atomic E-state index is 0.0626. The molecule has 0 fully saturated rings. The highest BCUT2D eigenvalue weighted by atomic mass is 16.6. The number of nitrogens with one attached hydrogen (secondary N) is 2. The topological polar surface area (TPSA) is 134 Å². The lowest BCUT2D eigenvalue weighted by Gasteiger charge is -2.36. The number of alkyl carbamates (subject to hydrolysis) is 1. The molecular formula is C40H53N3O7. The minimum atomic E-state index is -1.15. The highest BCUT2D eigenvalue weighted by Gasteiger charge is 2.38. The second-order valence-corrected chi connectivity index (χ2v) is 14.5. The highest BCUT2D eigenvalue weighted by molar-refractivity contribution is 5.94. The quantitative estimate of drug-likeness (QED) is 0.163. The van der Waals surface area contributed by atoms with Gasteiger partial charge in [-0.3, -0.25) is 9.59 Å². The zero-order valence-electron chi connectivity index (χ0n) is 30.6. The van der Waals surface area contributed by atoms with Crippen molar-refractivity contribution >= 4 is 23.9 Å². The molecule has 3 aromatic carbocycles. The molecule has 0 bridgehead atoms. The molecule has 3 N–H and O–H groups in total. The van der Waals surface area contributed by atoms with Gasteiger partial charge in [0.15, 0.2) is 0 Å². The van der Waals surface area contributed by atoms with Crippen molar-refractivity contribution < 1.29 is 33.8 Å².